The average Bonchev–Trinajstić information content (AvgIpc) is 1.54. The Hall–Kier alpha value is -10.0. The Bertz CT molecular complexity index is 4860. The van der Waals surface area contributed by atoms with Gasteiger partial charge < -0.3 is 28.7 Å². The summed E-state index contributed by atoms with van der Waals surface area (Å²) in [4.78, 5) is 9.97. The normalized spacial score (nSPS) is 15.2. The summed E-state index contributed by atoms with van der Waals surface area (Å²) in [5.74, 6) is 0. The van der Waals surface area contributed by atoms with Gasteiger partial charge in [-0.05, 0) is 167 Å². The number of fused-ring (bicyclic) bond motifs is 8. The van der Waals surface area contributed by atoms with Crippen molar-refractivity contribution in [3.8, 4) is 30.6 Å². The molecule has 2 aromatic heterocycles. The van der Waals surface area contributed by atoms with E-state index in [-0.39, 0.29) is 12.6 Å². The van der Waals surface area contributed by atoms with Crippen molar-refractivity contribution in [1.29, 1.82) is 0 Å². The molecule has 96 heavy (non-hydrogen) atoms. The Morgan fingerprint density at radius 3 is 0.990 bits per heavy atom. The molecule has 2 fully saturated rings. The van der Waals surface area contributed by atoms with Crippen LogP contribution in [0.25, 0.3) is 52.2 Å². The van der Waals surface area contributed by atoms with Gasteiger partial charge in [0.2, 0.25) is 0 Å². The number of thiophene rings is 2. The molecule has 4 heterocycles. The summed E-state index contributed by atoms with van der Waals surface area (Å²) in [5.41, 5.74) is 24.5. The molecule has 12 aromatic carbocycles. The van der Waals surface area contributed by atoms with E-state index in [0.717, 1.165) is 45.3 Å². The minimum Gasteiger partial charge on any atom is -0.346 e. The molecule has 2 aliphatic heterocycles. The van der Waals surface area contributed by atoms with Gasteiger partial charge in [0.15, 0.2) is 12.6 Å². The van der Waals surface area contributed by atoms with Crippen molar-refractivity contribution in [3.63, 3.8) is 0 Å². The minimum atomic E-state index is -0.687. The zero-order valence-electron chi connectivity index (χ0n) is 53.9. The van der Waals surface area contributed by atoms with Crippen molar-refractivity contribution in [2.24, 2.45) is 0 Å². The number of nitrogens with zero attached hydrogens (tertiary/aromatic N) is 2. The van der Waals surface area contributed by atoms with Crippen LogP contribution in [0.5, 0.6) is 0 Å². The largest absolute Gasteiger partial charge is 0.346 e. The smallest absolute Gasteiger partial charge is 0.184 e. The number of rotatable bonds is 13. The van der Waals surface area contributed by atoms with Gasteiger partial charge in [-0.2, -0.15) is 0 Å². The molecule has 0 radical (unpaired) electrons. The van der Waals surface area contributed by atoms with Gasteiger partial charge in [0, 0.05) is 64.2 Å². The number of hydrogen-bond donors (Lipinski definition) is 0. The fourth-order valence-electron chi connectivity index (χ4n) is 15.7. The van der Waals surface area contributed by atoms with Gasteiger partial charge in [-0.15, -0.1) is 22.7 Å². The Balaban J connectivity index is 0.844. The molecule has 18 rings (SSSR count). The highest BCUT2D eigenvalue weighted by Gasteiger charge is 2.51. The summed E-state index contributed by atoms with van der Waals surface area (Å²) in [5, 5.41) is 4.72. The van der Waals surface area contributed by atoms with Gasteiger partial charge in [0.05, 0.1) is 48.6 Å². The lowest BCUT2D eigenvalue weighted by atomic mass is 9.67. The molecule has 0 bridgehead atoms. The van der Waals surface area contributed by atoms with Crippen molar-refractivity contribution < 1.29 is 18.9 Å². The van der Waals surface area contributed by atoms with E-state index in [1.54, 1.807) is 0 Å². The number of anilines is 6. The predicted octanol–water partition coefficient (Wildman–Crippen LogP) is 22.8. The molecule has 0 amide bonds. The lowest BCUT2D eigenvalue weighted by molar-refractivity contribution is -0.0443. The Labute approximate surface area is 568 Å². The first kappa shape index (κ1) is 58.6. The number of aryl methyl sites for hydroxylation is 4. The summed E-state index contributed by atoms with van der Waals surface area (Å²) in [6, 6.07) is 105. The second-order valence-corrected chi connectivity index (χ2v) is 28.2. The van der Waals surface area contributed by atoms with Gasteiger partial charge in [-0.3, -0.25) is 0 Å². The Kier molecular flexibility index (Phi) is 14.3. The van der Waals surface area contributed by atoms with E-state index in [1.807, 2.05) is 22.7 Å². The quantitative estimate of drug-likeness (QED) is 0.115. The van der Waals surface area contributed by atoms with E-state index in [4.69, 9.17) is 18.9 Å². The van der Waals surface area contributed by atoms with E-state index in [1.165, 1.54) is 119 Å². The van der Waals surface area contributed by atoms with Crippen molar-refractivity contribution in [2.45, 2.75) is 51.1 Å². The summed E-state index contributed by atoms with van der Waals surface area (Å²) < 4.78 is 24.0. The van der Waals surface area contributed by atoms with E-state index in [9.17, 15) is 0 Å². The van der Waals surface area contributed by atoms with Crippen LogP contribution < -0.4 is 9.80 Å². The van der Waals surface area contributed by atoms with Crippen molar-refractivity contribution in [1.82, 2.24) is 0 Å². The molecule has 2 saturated heterocycles. The highest BCUT2D eigenvalue weighted by Crippen LogP contribution is 2.65. The van der Waals surface area contributed by atoms with E-state index >= 15 is 0 Å². The third kappa shape index (κ3) is 9.41. The van der Waals surface area contributed by atoms with E-state index in [0.29, 0.717) is 26.4 Å². The van der Waals surface area contributed by atoms with Crippen LogP contribution in [0.15, 0.2) is 279 Å². The molecule has 0 spiro atoms. The predicted molar refractivity (Wildman–Crippen MR) is 395 cm³/mol. The standard InChI is InChI=1S/C88H68N2O4S2/c1-55-19-31-63(32-20-55)87(64-33-21-56(2)22-34-64)75-51-69(89(79-17-9-13-59-11-5-7-15-71(59)79)67-39-27-61(28-40-67)85-91-47-48-92-85)43-45-73(75)83-77(87)53-81(95-83)82-54-78-84(96-82)74-46-44-70(52-76(74)88(78,65-35-23-57(3)24-36-65)66-37-25-58(4)26-38-66)90(80-18-10-14-60-12-6-8-16-72(60)80)68-41-29-62(30-42-68)86-93-49-50-94-86/h5-46,51-54,85-86H,47-50H2,1-4H3. The summed E-state index contributed by atoms with van der Waals surface area (Å²) in [7, 11) is 0. The topological polar surface area (TPSA) is 43.4 Å². The minimum absolute atomic E-state index is 0.371. The molecule has 466 valence electrons. The lowest BCUT2D eigenvalue weighted by Gasteiger charge is -2.35. The van der Waals surface area contributed by atoms with Crippen LogP contribution in [-0.2, 0) is 29.8 Å². The first-order valence-electron chi connectivity index (χ1n) is 33.3. The highest BCUT2D eigenvalue weighted by atomic mass is 32.1. The van der Waals surface area contributed by atoms with Crippen LogP contribution in [-0.4, -0.2) is 26.4 Å². The number of benzene rings is 12. The van der Waals surface area contributed by atoms with Crippen LogP contribution in [0.1, 0.15) is 90.5 Å². The molecule has 4 aliphatic rings. The molecule has 0 N–H and O–H groups in total. The molecule has 8 heteroatoms. The Morgan fingerprint density at radius 2 is 0.635 bits per heavy atom. The fourth-order valence-corrected chi connectivity index (χ4v) is 18.3. The molecule has 14 aromatic rings. The molecule has 0 unspecified atom stereocenters. The van der Waals surface area contributed by atoms with Gasteiger partial charge in [-0.1, -0.05) is 229 Å². The monoisotopic (exact) mass is 1280 g/mol. The van der Waals surface area contributed by atoms with Gasteiger partial charge in [0.1, 0.15) is 0 Å². The third-order valence-corrected chi connectivity index (χ3v) is 22.9. The number of ether oxygens (including phenoxy) is 4. The van der Waals surface area contributed by atoms with Crippen LogP contribution in [0.3, 0.4) is 0 Å². The van der Waals surface area contributed by atoms with Crippen molar-refractivity contribution in [3.05, 3.63) is 357 Å². The first-order chi connectivity index (χ1) is 47.2. The first-order valence-corrected chi connectivity index (χ1v) is 34.9. The maximum Gasteiger partial charge on any atom is 0.184 e. The highest BCUT2D eigenvalue weighted by molar-refractivity contribution is 7.25. The van der Waals surface area contributed by atoms with Crippen LogP contribution in [0.2, 0.25) is 0 Å². The lowest BCUT2D eigenvalue weighted by Crippen LogP contribution is -2.28. The number of hydrogen-bond acceptors (Lipinski definition) is 8. The zero-order valence-corrected chi connectivity index (χ0v) is 55.5. The van der Waals surface area contributed by atoms with Crippen molar-refractivity contribution in [2.75, 3.05) is 36.2 Å². The molecular weight excluding hydrogens is 1210 g/mol. The summed E-state index contributed by atoms with van der Waals surface area (Å²) in [6.07, 6.45) is -0.743. The molecular formula is C88H68N2O4S2. The zero-order chi connectivity index (χ0) is 64.2. The van der Waals surface area contributed by atoms with Crippen LogP contribution in [0.4, 0.5) is 34.1 Å². The van der Waals surface area contributed by atoms with Crippen molar-refractivity contribution >= 4 is 78.3 Å². The van der Waals surface area contributed by atoms with E-state index < -0.39 is 10.8 Å². The third-order valence-electron chi connectivity index (χ3n) is 20.4. The molecule has 6 nitrogen and oxygen atoms in total. The Morgan fingerprint density at radius 1 is 0.312 bits per heavy atom. The van der Waals surface area contributed by atoms with Crippen LogP contribution in [0, 0.1) is 27.7 Å². The molecule has 0 atom stereocenters. The maximum absolute atomic E-state index is 6.00. The van der Waals surface area contributed by atoms with Gasteiger partial charge >= 0.3 is 0 Å². The van der Waals surface area contributed by atoms with Gasteiger partial charge in [0.25, 0.3) is 0 Å². The molecule has 2 aliphatic carbocycles. The van der Waals surface area contributed by atoms with Gasteiger partial charge in [-0.25, -0.2) is 0 Å². The maximum atomic E-state index is 6.00. The molecule has 0 saturated carbocycles. The summed E-state index contributed by atoms with van der Waals surface area (Å²) >= 11 is 3.87. The summed E-state index contributed by atoms with van der Waals surface area (Å²) in [6.45, 7) is 11.1. The van der Waals surface area contributed by atoms with Crippen LogP contribution >= 0.6 is 22.7 Å². The van der Waals surface area contributed by atoms with E-state index in [2.05, 4.69) is 317 Å². The second kappa shape index (κ2) is 23.4. The fraction of sp³-hybridized carbons (Fsp3) is 0.136. The second-order valence-electron chi connectivity index (χ2n) is 26.1. The SMILES string of the molecule is Cc1ccc(C2(c3ccc(C)cc3)c3cc(N(c4ccc(C5OCCO5)cc4)c4cccc5ccccc45)ccc3-c3sc(-c4cc5c(s4)-c4ccc(N(c6ccc(C7OCCO7)cc6)c6cccc7ccccc67)cc4C5(c4ccc(C)cc4)c4ccc(C)cc4)cc32)cc1. The average molecular weight is 1280 g/mol.